The van der Waals surface area contributed by atoms with Crippen molar-refractivity contribution in [3.05, 3.63) is 41.6 Å². The molecule has 1 aromatic heterocycles. The van der Waals surface area contributed by atoms with Gasteiger partial charge in [0.05, 0.1) is 11.5 Å². The Hall–Kier alpha value is -2.39. The Labute approximate surface area is 159 Å². The molecule has 2 rings (SSSR count). The van der Waals surface area contributed by atoms with E-state index in [9.17, 15) is 13.2 Å². The number of ether oxygens (including phenoxy) is 1. The molecule has 148 valence electrons. The zero-order valence-corrected chi connectivity index (χ0v) is 16.5. The maximum absolute atomic E-state index is 12.5. The summed E-state index contributed by atoms with van der Waals surface area (Å²) >= 11 is 0. The molecule has 0 radical (unpaired) electrons. The van der Waals surface area contributed by atoms with Gasteiger partial charge in [0.15, 0.2) is 0 Å². The van der Waals surface area contributed by atoms with Crippen LogP contribution in [0.4, 0.5) is 0 Å². The number of nitrogens with two attached hydrogens (primary N) is 1. The van der Waals surface area contributed by atoms with Crippen LogP contribution in [-0.4, -0.2) is 37.3 Å². The second-order valence-electron chi connectivity index (χ2n) is 6.15. The predicted octanol–water partition coefficient (Wildman–Crippen LogP) is 1.70. The molecule has 0 saturated heterocycles. The van der Waals surface area contributed by atoms with Crippen LogP contribution in [0.5, 0.6) is 5.88 Å². The zero-order valence-electron chi connectivity index (χ0n) is 15.6. The van der Waals surface area contributed by atoms with E-state index in [0.717, 1.165) is 18.4 Å². The average molecular weight is 394 g/mol. The molecular weight excluding hydrogens is 368 g/mol. The Morgan fingerprint density at radius 3 is 2.52 bits per heavy atom. The standard InChI is InChI=1S/C18H26N4O4S/c1-3-11-22-13-16(18(21-22)26-12-4-2)17(23)20-10-9-14-5-7-15(8-6-14)27(19,24)25/h5-8,13H,3-4,9-12H2,1-2H3,(H,20,23)(H2,19,24,25). The molecule has 0 fully saturated rings. The van der Waals surface area contributed by atoms with Crippen molar-refractivity contribution in [3.8, 4) is 5.88 Å². The van der Waals surface area contributed by atoms with Crippen molar-refractivity contribution in [1.29, 1.82) is 0 Å². The van der Waals surface area contributed by atoms with Crippen LogP contribution < -0.4 is 15.2 Å². The van der Waals surface area contributed by atoms with E-state index < -0.39 is 10.0 Å². The number of primary sulfonamides is 1. The highest BCUT2D eigenvalue weighted by Gasteiger charge is 2.17. The number of aryl methyl sites for hydroxylation is 1. The number of carbonyl (C=O) groups is 1. The normalized spacial score (nSPS) is 11.4. The fraction of sp³-hybridized carbons (Fsp3) is 0.444. The van der Waals surface area contributed by atoms with Gasteiger partial charge < -0.3 is 10.1 Å². The first kappa shape index (κ1) is 20.9. The minimum Gasteiger partial charge on any atom is -0.476 e. The highest BCUT2D eigenvalue weighted by atomic mass is 32.2. The second-order valence-corrected chi connectivity index (χ2v) is 7.72. The van der Waals surface area contributed by atoms with Gasteiger partial charge in [0.2, 0.25) is 15.9 Å². The number of benzene rings is 1. The van der Waals surface area contributed by atoms with Gasteiger partial charge in [-0.3, -0.25) is 9.48 Å². The molecule has 27 heavy (non-hydrogen) atoms. The third kappa shape index (κ3) is 6.07. The van der Waals surface area contributed by atoms with Gasteiger partial charge in [-0.15, -0.1) is 5.10 Å². The van der Waals surface area contributed by atoms with Crippen molar-refractivity contribution in [2.24, 2.45) is 5.14 Å². The lowest BCUT2D eigenvalue weighted by molar-refractivity contribution is 0.0950. The average Bonchev–Trinajstić information content (AvgIpc) is 3.03. The van der Waals surface area contributed by atoms with E-state index in [-0.39, 0.29) is 10.8 Å². The summed E-state index contributed by atoms with van der Waals surface area (Å²) in [5.41, 5.74) is 1.31. The van der Waals surface area contributed by atoms with Crippen molar-refractivity contribution in [2.75, 3.05) is 13.2 Å². The molecule has 0 unspecified atom stereocenters. The summed E-state index contributed by atoms with van der Waals surface area (Å²) in [6.07, 6.45) is 4.00. The molecule has 0 spiro atoms. The van der Waals surface area contributed by atoms with Gasteiger partial charge in [0.25, 0.3) is 5.91 Å². The van der Waals surface area contributed by atoms with Gasteiger partial charge in [-0.2, -0.15) is 0 Å². The summed E-state index contributed by atoms with van der Waals surface area (Å²) < 4.78 is 29.8. The van der Waals surface area contributed by atoms with Crippen LogP contribution in [0.25, 0.3) is 0 Å². The molecule has 2 aromatic rings. The number of aromatic nitrogens is 2. The van der Waals surface area contributed by atoms with Gasteiger partial charge in [-0.25, -0.2) is 13.6 Å². The van der Waals surface area contributed by atoms with Crippen LogP contribution >= 0.6 is 0 Å². The Bertz CT molecular complexity index is 860. The number of hydrogen-bond donors (Lipinski definition) is 2. The maximum atomic E-state index is 12.5. The first-order valence-electron chi connectivity index (χ1n) is 8.95. The fourth-order valence-electron chi connectivity index (χ4n) is 2.47. The summed E-state index contributed by atoms with van der Waals surface area (Å²) in [5, 5.41) is 12.3. The molecule has 9 heteroatoms. The van der Waals surface area contributed by atoms with E-state index >= 15 is 0 Å². The Kier molecular flexibility index (Phi) is 7.37. The molecule has 1 aromatic carbocycles. The zero-order chi connectivity index (χ0) is 19.9. The van der Waals surface area contributed by atoms with Crippen molar-refractivity contribution in [2.45, 2.75) is 44.6 Å². The summed E-state index contributed by atoms with van der Waals surface area (Å²) in [6, 6.07) is 6.28. The molecule has 0 atom stereocenters. The number of rotatable bonds is 10. The van der Waals surface area contributed by atoms with Crippen LogP contribution in [0.1, 0.15) is 42.6 Å². The number of carbonyl (C=O) groups excluding carboxylic acids is 1. The number of nitrogens with one attached hydrogen (secondary N) is 1. The molecule has 3 N–H and O–H groups in total. The molecule has 0 aliphatic rings. The highest BCUT2D eigenvalue weighted by Crippen LogP contribution is 2.17. The van der Waals surface area contributed by atoms with Crippen LogP contribution in [0, 0.1) is 0 Å². The van der Waals surface area contributed by atoms with Crippen molar-refractivity contribution >= 4 is 15.9 Å². The van der Waals surface area contributed by atoms with Crippen molar-refractivity contribution in [1.82, 2.24) is 15.1 Å². The molecule has 0 bridgehead atoms. The molecule has 8 nitrogen and oxygen atoms in total. The first-order valence-corrected chi connectivity index (χ1v) is 10.5. The topological polar surface area (TPSA) is 116 Å². The summed E-state index contributed by atoms with van der Waals surface area (Å²) in [6.45, 7) is 5.64. The third-order valence-corrected chi connectivity index (χ3v) is 4.75. The Morgan fingerprint density at radius 2 is 1.93 bits per heavy atom. The number of hydrogen-bond acceptors (Lipinski definition) is 5. The predicted molar refractivity (Wildman–Crippen MR) is 102 cm³/mol. The molecule has 0 saturated carbocycles. The van der Waals surface area contributed by atoms with Crippen LogP contribution in [0.3, 0.4) is 0 Å². The third-order valence-electron chi connectivity index (χ3n) is 3.82. The highest BCUT2D eigenvalue weighted by molar-refractivity contribution is 7.89. The largest absolute Gasteiger partial charge is 0.476 e. The monoisotopic (exact) mass is 394 g/mol. The molecule has 1 amide bonds. The maximum Gasteiger partial charge on any atom is 0.258 e. The lowest BCUT2D eigenvalue weighted by Crippen LogP contribution is -2.26. The molecule has 0 aliphatic heterocycles. The van der Waals surface area contributed by atoms with Gasteiger partial charge in [0.1, 0.15) is 5.56 Å². The van der Waals surface area contributed by atoms with Gasteiger partial charge in [0, 0.05) is 19.3 Å². The lowest BCUT2D eigenvalue weighted by Gasteiger charge is -2.07. The first-order chi connectivity index (χ1) is 12.8. The van der Waals surface area contributed by atoms with E-state index in [1.54, 1.807) is 23.0 Å². The van der Waals surface area contributed by atoms with Crippen molar-refractivity contribution < 1.29 is 17.9 Å². The smallest absolute Gasteiger partial charge is 0.258 e. The second kappa shape index (κ2) is 9.52. The van der Waals surface area contributed by atoms with Crippen molar-refractivity contribution in [3.63, 3.8) is 0 Å². The van der Waals surface area contributed by atoms with Gasteiger partial charge in [-0.05, 0) is 37.0 Å². The van der Waals surface area contributed by atoms with E-state index in [1.165, 1.54) is 12.1 Å². The molecular formula is C18H26N4O4S. The van der Waals surface area contributed by atoms with Crippen LogP contribution in [0.2, 0.25) is 0 Å². The molecule has 1 heterocycles. The quantitative estimate of drug-likeness (QED) is 0.636. The van der Waals surface area contributed by atoms with Crippen LogP contribution in [0.15, 0.2) is 35.4 Å². The fourth-order valence-corrected chi connectivity index (χ4v) is 2.99. The number of sulfonamides is 1. The van der Waals surface area contributed by atoms with E-state index in [0.29, 0.717) is 37.6 Å². The lowest BCUT2D eigenvalue weighted by atomic mass is 10.1. The Balaban J connectivity index is 1.96. The Morgan fingerprint density at radius 1 is 1.22 bits per heavy atom. The summed E-state index contributed by atoms with van der Waals surface area (Å²) in [5.74, 6) is 0.102. The minimum atomic E-state index is -3.70. The van der Waals surface area contributed by atoms with Gasteiger partial charge in [-0.1, -0.05) is 26.0 Å². The van der Waals surface area contributed by atoms with E-state index in [2.05, 4.69) is 10.4 Å². The number of nitrogens with zero attached hydrogens (tertiary/aromatic N) is 2. The van der Waals surface area contributed by atoms with Gasteiger partial charge >= 0.3 is 0 Å². The van der Waals surface area contributed by atoms with Crippen LogP contribution in [-0.2, 0) is 23.0 Å². The van der Waals surface area contributed by atoms with E-state index in [4.69, 9.17) is 9.88 Å². The number of amides is 1. The molecule has 0 aliphatic carbocycles. The SMILES string of the molecule is CCCOc1nn(CCC)cc1C(=O)NCCc1ccc(S(N)(=O)=O)cc1. The minimum absolute atomic E-state index is 0.0661. The summed E-state index contributed by atoms with van der Waals surface area (Å²) in [7, 11) is -3.70. The summed E-state index contributed by atoms with van der Waals surface area (Å²) in [4.78, 5) is 12.5. The van der Waals surface area contributed by atoms with E-state index in [1.807, 2.05) is 13.8 Å².